The van der Waals surface area contributed by atoms with Crippen molar-refractivity contribution >= 4 is 5.78 Å². The summed E-state index contributed by atoms with van der Waals surface area (Å²) in [4.78, 5) is 11.7. The van der Waals surface area contributed by atoms with Crippen LogP contribution in [-0.4, -0.2) is 11.8 Å². The van der Waals surface area contributed by atoms with Crippen LogP contribution in [0.3, 0.4) is 0 Å². The first-order valence-electron chi connectivity index (χ1n) is 5.43. The fourth-order valence-corrected chi connectivity index (χ4v) is 1.43. The van der Waals surface area contributed by atoms with Gasteiger partial charge in [-0.3, -0.25) is 4.79 Å². The van der Waals surface area contributed by atoms with Gasteiger partial charge in [0, 0.05) is 18.4 Å². The van der Waals surface area contributed by atoms with E-state index in [-0.39, 0.29) is 17.7 Å². The number of hydrogen-bond acceptors (Lipinski definition) is 2. The minimum absolute atomic E-state index is 0.0336. The van der Waals surface area contributed by atoms with Crippen molar-refractivity contribution in [1.29, 1.82) is 0 Å². The van der Waals surface area contributed by atoms with Gasteiger partial charge < -0.3 is 5.73 Å². The molecular weight excluding hydrogens is 186 g/mol. The van der Waals surface area contributed by atoms with Crippen molar-refractivity contribution in [2.45, 2.75) is 32.7 Å². The van der Waals surface area contributed by atoms with Gasteiger partial charge in [-0.2, -0.15) is 0 Å². The monoisotopic (exact) mass is 205 g/mol. The lowest BCUT2D eigenvalue weighted by molar-refractivity contribution is -0.122. The molecule has 0 aliphatic carbocycles. The molecule has 15 heavy (non-hydrogen) atoms. The summed E-state index contributed by atoms with van der Waals surface area (Å²) in [5.74, 6) is 0.225. The first-order valence-corrected chi connectivity index (χ1v) is 5.43. The Morgan fingerprint density at radius 3 is 2.40 bits per heavy atom. The van der Waals surface area contributed by atoms with E-state index in [1.165, 1.54) is 5.56 Å². The molecule has 2 atom stereocenters. The molecule has 0 heterocycles. The molecule has 0 spiro atoms. The average molecular weight is 205 g/mol. The Labute approximate surface area is 91.5 Å². The van der Waals surface area contributed by atoms with Gasteiger partial charge >= 0.3 is 0 Å². The molecule has 1 rings (SSSR count). The zero-order valence-electron chi connectivity index (χ0n) is 9.44. The summed E-state index contributed by atoms with van der Waals surface area (Å²) in [5, 5.41) is 0. The highest BCUT2D eigenvalue weighted by Gasteiger charge is 2.16. The van der Waals surface area contributed by atoms with Crippen molar-refractivity contribution in [3.05, 3.63) is 35.9 Å². The maximum atomic E-state index is 11.7. The van der Waals surface area contributed by atoms with Gasteiger partial charge in [-0.05, 0) is 18.9 Å². The van der Waals surface area contributed by atoms with Crippen LogP contribution in [0.4, 0.5) is 0 Å². The molecule has 0 bridgehead atoms. The predicted molar refractivity (Wildman–Crippen MR) is 62.6 cm³/mol. The second kappa shape index (κ2) is 5.66. The van der Waals surface area contributed by atoms with Gasteiger partial charge in [0.2, 0.25) is 0 Å². The van der Waals surface area contributed by atoms with Crippen LogP contribution in [0.2, 0.25) is 0 Å². The first-order chi connectivity index (χ1) is 7.11. The van der Waals surface area contributed by atoms with Crippen LogP contribution in [0.5, 0.6) is 0 Å². The molecule has 82 valence electrons. The Bertz CT molecular complexity index is 306. The largest absolute Gasteiger partial charge is 0.327 e. The molecule has 1 aromatic carbocycles. The number of hydrogen-bond donors (Lipinski definition) is 1. The smallest absolute Gasteiger partial charge is 0.137 e. The molecule has 0 saturated carbocycles. The quantitative estimate of drug-likeness (QED) is 0.800. The predicted octanol–water partition coefficient (Wildman–Crippen LogP) is 2.17. The Balaban J connectivity index is 2.41. The third kappa shape index (κ3) is 3.84. The van der Waals surface area contributed by atoms with Crippen LogP contribution in [0.15, 0.2) is 30.3 Å². The molecule has 1 aromatic rings. The molecule has 0 aliphatic rings. The van der Waals surface area contributed by atoms with Gasteiger partial charge in [-0.1, -0.05) is 37.3 Å². The third-order valence-corrected chi connectivity index (χ3v) is 2.80. The van der Waals surface area contributed by atoms with Crippen molar-refractivity contribution in [2.24, 2.45) is 11.7 Å². The van der Waals surface area contributed by atoms with E-state index in [0.29, 0.717) is 6.42 Å². The number of ketones is 1. The maximum absolute atomic E-state index is 11.7. The summed E-state index contributed by atoms with van der Waals surface area (Å²) in [6.07, 6.45) is 1.41. The van der Waals surface area contributed by atoms with Gasteiger partial charge in [-0.15, -0.1) is 0 Å². The van der Waals surface area contributed by atoms with Gasteiger partial charge in [0.25, 0.3) is 0 Å². The van der Waals surface area contributed by atoms with E-state index in [0.717, 1.165) is 6.42 Å². The van der Waals surface area contributed by atoms with Crippen LogP contribution in [0, 0.1) is 5.92 Å². The van der Waals surface area contributed by atoms with E-state index in [9.17, 15) is 4.79 Å². The zero-order chi connectivity index (χ0) is 11.3. The van der Waals surface area contributed by atoms with Gasteiger partial charge in [0.05, 0.1) is 0 Å². The molecule has 0 fully saturated rings. The number of carbonyl (C=O) groups excluding carboxylic acids is 1. The minimum atomic E-state index is -0.0479. The Morgan fingerprint density at radius 2 is 1.87 bits per heavy atom. The molecule has 2 N–H and O–H groups in total. The molecule has 0 saturated heterocycles. The van der Waals surface area contributed by atoms with Crippen LogP contribution in [0.25, 0.3) is 0 Å². The van der Waals surface area contributed by atoms with E-state index in [2.05, 4.69) is 0 Å². The first kappa shape index (κ1) is 11.9. The number of benzene rings is 1. The van der Waals surface area contributed by atoms with Crippen molar-refractivity contribution < 1.29 is 4.79 Å². The molecule has 2 heteroatoms. The van der Waals surface area contributed by atoms with Crippen LogP contribution >= 0.6 is 0 Å². The number of carbonyl (C=O) groups is 1. The zero-order valence-corrected chi connectivity index (χ0v) is 9.44. The second-order valence-electron chi connectivity index (χ2n) is 4.10. The molecule has 0 aliphatic heterocycles. The van der Waals surface area contributed by atoms with Crippen molar-refractivity contribution in [3.63, 3.8) is 0 Å². The lowest BCUT2D eigenvalue weighted by Gasteiger charge is -2.13. The second-order valence-corrected chi connectivity index (χ2v) is 4.10. The van der Waals surface area contributed by atoms with E-state index >= 15 is 0 Å². The highest BCUT2D eigenvalue weighted by Crippen LogP contribution is 2.09. The van der Waals surface area contributed by atoms with Gasteiger partial charge in [-0.25, -0.2) is 0 Å². The maximum Gasteiger partial charge on any atom is 0.137 e. The van der Waals surface area contributed by atoms with Crippen molar-refractivity contribution in [3.8, 4) is 0 Å². The van der Waals surface area contributed by atoms with E-state index in [1.807, 2.05) is 44.2 Å². The number of aryl methyl sites for hydroxylation is 1. The lowest BCUT2D eigenvalue weighted by Crippen LogP contribution is -2.30. The molecular formula is C13H19NO. The van der Waals surface area contributed by atoms with Crippen LogP contribution in [0.1, 0.15) is 25.8 Å². The summed E-state index contributed by atoms with van der Waals surface area (Å²) in [6, 6.07) is 10.0. The molecule has 2 nitrogen and oxygen atoms in total. The number of nitrogens with two attached hydrogens (primary N) is 1. The van der Waals surface area contributed by atoms with Crippen LogP contribution < -0.4 is 5.73 Å². The van der Waals surface area contributed by atoms with Crippen LogP contribution in [-0.2, 0) is 11.2 Å². The van der Waals surface area contributed by atoms with E-state index in [1.54, 1.807) is 0 Å². The topological polar surface area (TPSA) is 43.1 Å². The normalized spacial score (nSPS) is 14.6. The minimum Gasteiger partial charge on any atom is -0.327 e. The summed E-state index contributed by atoms with van der Waals surface area (Å²) < 4.78 is 0. The summed E-state index contributed by atoms with van der Waals surface area (Å²) in [6.45, 7) is 3.78. The standard InChI is InChI=1S/C13H19NO/c1-10(11(2)14)13(15)9-8-12-6-4-3-5-7-12/h3-7,10-11H,8-9,14H2,1-2H3. The lowest BCUT2D eigenvalue weighted by atomic mass is 9.95. The fourth-order valence-electron chi connectivity index (χ4n) is 1.43. The Kier molecular flexibility index (Phi) is 4.50. The highest BCUT2D eigenvalue weighted by atomic mass is 16.1. The van der Waals surface area contributed by atoms with E-state index < -0.39 is 0 Å². The third-order valence-electron chi connectivity index (χ3n) is 2.80. The summed E-state index contributed by atoms with van der Waals surface area (Å²) >= 11 is 0. The molecule has 2 unspecified atom stereocenters. The molecule has 0 aromatic heterocycles. The fraction of sp³-hybridized carbons (Fsp3) is 0.462. The highest BCUT2D eigenvalue weighted by molar-refractivity contribution is 5.81. The Morgan fingerprint density at radius 1 is 1.27 bits per heavy atom. The van der Waals surface area contributed by atoms with E-state index in [4.69, 9.17) is 5.73 Å². The number of Topliss-reactive ketones (excluding diaryl/α,β-unsaturated/α-hetero) is 1. The SMILES string of the molecule is CC(N)C(C)C(=O)CCc1ccccc1. The average Bonchev–Trinajstić information content (AvgIpc) is 2.26. The summed E-state index contributed by atoms with van der Waals surface area (Å²) in [7, 11) is 0. The number of rotatable bonds is 5. The van der Waals surface area contributed by atoms with Crippen molar-refractivity contribution in [2.75, 3.05) is 0 Å². The summed E-state index contributed by atoms with van der Waals surface area (Å²) in [5.41, 5.74) is 6.90. The van der Waals surface area contributed by atoms with Gasteiger partial charge in [0.15, 0.2) is 0 Å². The van der Waals surface area contributed by atoms with Gasteiger partial charge in [0.1, 0.15) is 5.78 Å². The molecule has 0 radical (unpaired) electrons. The molecule has 0 amide bonds. The van der Waals surface area contributed by atoms with Crippen molar-refractivity contribution in [1.82, 2.24) is 0 Å². The Hall–Kier alpha value is -1.15.